The third-order valence-electron chi connectivity index (χ3n) is 5.47. The molecular formula is C19H24Cl2N2O4. The number of esters is 1. The smallest absolute Gasteiger partial charge is 0.302 e. The van der Waals surface area contributed by atoms with Gasteiger partial charge in [-0.05, 0) is 25.6 Å². The molecule has 0 bridgehead atoms. The number of carbonyl (C=O) groups excluding carboxylic acids is 2. The zero-order valence-corrected chi connectivity index (χ0v) is 17.0. The average Bonchev–Trinajstić information content (AvgIpc) is 3.04. The van der Waals surface area contributed by atoms with Crippen molar-refractivity contribution in [1.29, 1.82) is 0 Å². The highest BCUT2D eigenvalue weighted by molar-refractivity contribution is 6.42. The van der Waals surface area contributed by atoms with E-state index in [0.717, 1.165) is 19.3 Å². The van der Waals surface area contributed by atoms with Crippen LogP contribution in [0.15, 0.2) is 12.1 Å². The number of likely N-dealkylation sites (tertiary alicyclic amines) is 1. The molecule has 1 heterocycles. The Morgan fingerprint density at radius 2 is 2.04 bits per heavy atom. The summed E-state index contributed by atoms with van der Waals surface area (Å²) >= 11 is 12.3. The van der Waals surface area contributed by atoms with Gasteiger partial charge < -0.3 is 14.7 Å². The molecule has 0 radical (unpaired) electrons. The van der Waals surface area contributed by atoms with Gasteiger partial charge in [-0.25, -0.2) is 0 Å². The van der Waals surface area contributed by atoms with Crippen molar-refractivity contribution in [3.05, 3.63) is 27.7 Å². The molecule has 3 rings (SSSR count). The molecule has 6 nitrogen and oxygen atoms in total. The second-order valence-corrected chi connectivity index (χ2v) is 8.18. The zero-order chi connectivity index (χ0) is 19.7. The predicted octanol–water partition coefficient (Wildman–Crippen LogP) is 3.04. The number of likely N-dealkylation sites (N-methyl/N-ethyl adjacent to an activating group) is 1. The minimum absolute atomic E-state index is 0.0255. The molecule has 1 N–H and O–H groups in total. The van der Waals surface area contributed by atoms with Gasteiger partial charge in [0.1, 0.15) is 11.9 Å². The molecule has 1 aromatic rings. The number of carbonyl (C=O) groups is 2. The van der Waals surface area contributed by atoms with E-state index in [1.165, 1.54) is 13.0 Å². The molecule has 1 amide bonds. The summed E-state index contributed by atoms with van der Waals surface area (Å²) in [5.74, 6) is -0.119. The standard InChI is InChI=1S/C19H24Cl2N2O4/c1-11(24)27-14-7-13(8-14)22(2)10-17(26)23-6-5-12(9-23)18-16(25)4-3-15(20)19(18)21/h3-4,12-14,25H,5-10H2,1-2H3/t12-,13?,14?/m0/s1. The van der Waals surface area contributed by atoms with Crippen LogP contribution >= 0.6 is 23.2 Å². The minimum Gasteiger partial charge on any atom is -0.508 e. The van der Waals surface area contributed by atoms with Crippen LogP contribution in [0.2, 0.25) is 10.0 Å². The van der Waals surface area contributed by atoms with Crippen molar-refractivity contribution in [2.75, 3.05) is 26.7 Å². The van der Waals surface area contributed by atoms with E-state index in [0.29, 0.717) is 35.2 Å². The topological polar surface area (TPSA) is 70.1 Å². The summed E-state index contributed by atoms with van der Waals surface area (Å²) in [5, 5.41) is 10.9. The van der Waals surface area contributed by atoms with Crippen molar-refractivity contribution in [3.8, 4) is 5.75 Å². The molecule has 1 saturated carbocycles. The van der Waals surface area contributed by atoms with Crippen LogP contribution in [0.1, 0.15) is 37.7 Å². The second kappa shape index (κ2) is 8.25. The van der Waals surface area contributed by atoms with Crippen LogP contribution in [0.5, 0.6) is 5.75 Å². The quantitative estimate of drug-likeness (QED) is 0.749. The molecule has 0 unspecified atom stereocenters. The summed E-state index contributed by atoms with van der Waals surface area (Å²) in [6.07, 6.45) is 2.23. The lowest BCUT2D eigenvalue weighted by Gasteiger charge is -2.40. The van der Waals surface area contributed by atoms with E-state index in [-0.39, 0.29) is 35.7 Å². The van der Waals surface area contributed by atoms with Gasteiger partial charge in [0.05, 0.1) is 16.6 Å². The first-order valence-electron chi connectivity index (χ1n) is 9.08. The Morgan fingerprint density at radius 3 is 2.70 bits per heavy atom. The summed E-state index contributed by atoms with van der Waals surface area (Å²) < 4.78 is 5.16. The van der Waals surface area contributed by atoms with Gasteiger partial charge in [0.25, 0.3) is 0 Å². The number of nitrogens with zero attached hydrogens (tertiary/aromatic N) is 2. The predicted molar refractivity (Wildman–Crippen MR) is 103 cm³/mol. The molecule has 2 aliphatic rings. The van der Waals surface area contributed by atoms with Gasteiger partial charge >= 0.3 is 5.97 Å². The molecule has 148 valence electrons. The van der Waals surface area contributed by atoms with E-state index in [9.17, 15) is 14.7 Å². The third kappa shape index (κ3) is 4.50. The van der Waals surface area contributed by atoms with Gasteiger partial charge in [0.2, 0.25) is 5.91 Å². The molecule has 1 saturated heterocycles. The van der Waals surface area contributed by atoms with Crippen molar-refractivity contribution in [1.82, 2.24) is 9.80 Å². The molecule has 1 aliphatic heterocycles. The maximum Gasteiger partial charge on any atom is 0.302 e. The van der Waals surface area contributed by atoms with Crippen molar-refractivity contribution in [3.63, 3.8) is 0 Å². The lowest BCUT2D eigenvalue weighted by molar-refractivity contribution is -0.154. The maximum absolute atomic E-state index is 12.7. The zero-order valence-electron chi connectivity index (χ0n) is 15.5. The fraction of sp³-hybridized carbons (Fsp3) is 0.579. The van der Waals surface area contributed by atoms with Crippen molar-refractivity contribution >= 4 is 35.1 Å². The first kappa shape index (κ1) is 20.2. The maximum atomic E-state index is 12.7. The average molecular weight is 415 g/mol. The number of hydrogen-bond donors (Lipinski definition) is 1. The molecule has 0 spiro atoms. The largest absolute Gasteiger partial charge is 0.508 e. The number of aromatic hydroxyl groups is 1. The van der Waals surface area contributed by atoms with E-state index in [1.54, 1.807) is 11.0 Å². The number of halogens is 2. The van der Waals surface area contributed by atoms with Crippen LogP contribution in [0.25, 0.3) is 0 Å². The SMILES string of the molecule is CC(=O)OC1CC(N(C)CC(=O)N2CC[C@H](c3c(O)ccc(Cl)c3Cl)C2)C1. The van der Waals surface area contributed by atoms with E-state index in [4.69, 9.17) is 27.9 Å². The summed E-state index contributed by atoms with van der Waals surface area (Å²) in [6.45, 7) is 2.87. The van der Waals surface area contributed by atoms with Crippen molar-refractivity contribution in [2.24, 2.45) is 0 Å². The lowest BCUT2D eigenvalue weighted by Crippen LogP contribution is -2.50. The van der Waals surface area contributed by atoms with Crippen LogP contribution in [-0.4, -0.2) is 65.6 Å². The summed E-state index contributed by atoms with van der Waals surface area (Å²) in [6, 6.07) is 3.36. The Kier molecular flexibility index (Phi) is 6.18. The lowest BCUT2D eigenvalue weighted by atomic mass is 9.88. The molecule has 2 fully saturated rings. The third-order valence-corrected chi connectivity index (χ3v) is 6.29. The molecule has 1 atom stereocenters. The number of rotatable bonds is 5. The fourth-order valence-electron chi connectivity index (χ4n) is 3.84. The van der Waals surface area contributed by atoms with Gasteiger partial charge in [0, 0.05) is 50.4 Å². The Hall–Kier alpha value is -1.50. The Bertz CT molecular complexity index is 737. The van der Waals surface area contributed by atoms with Crippen LogP contribution < -0.4 is 0 Å². The fourth-order valence-corrected chi connectivity index (χ4v) is 4.32. The number of benzene rings is 1. The number of amides is 1. The summed E-state index contributed by atoms with van der Waals surface area (Å²) in [5.41, 5.74) is 0.621. The van der Waals surface area contributed by atoms with Gasteiger partial charge in [-0.3, -0.25) is 14.5 Å². The minimum atomic E-state index is -0.261. The number of phenols is 1. The first-order valence-corrected chi connectivity index (χ1v) is 9.84. The second-order valence-electron chi connectivity index (χ2n) is 7.39. The van der Waals surface area contributed by atoms with E-state index >= 15 is 0 Å². The monoisotopic (exact) mass is 414 g/mol. The highest BCUT2D eigenvalue weighted by atomic mass is 35.5. The normalized spacial score (nSPS) is 24.8. The highest BCUT2D eigenvalue weighted by Crippen LogP contribution is 2.41. The van der Waals surface area contributed by atoms with Crippen LogP contribution in [0.3, 0.4) is 0 Å². The Morgan fingerprint density at radius 1 is 1.33 bits per heavy atom. The Balaban J connectivity index is 1.53. The molecular weight excluding hydrogens is 391 g/mol. The molecule has 1 aliphatic carbocycles. The molecule has 27 heavy (non-hydrogen) atoms. The van der Waals surface area contributed by atoms with Gasteiger partial charge in [-0.15, -0.1) is 0 Å². The van der Waals surface area contributed by atoms with Gasteiger partial charge in [-0.1, -0.05) is 23.2 Å². The van der Waals surface area contributed by atoms with Gasteiger partial charge in [0.15, 0.2) is 0 Å². The number of ether oxygens (including phenoxy) is 1. The summed E-state index contributed by atoms with van der Waals surface area (Å²) in [7, 11) is 1.92. The Labute approximate surface area is 169 Å². The van der Waals surface area contributed by atoms with Crippen LogP contribution in [0.4, 0.5) is 0 Å². The number of hydrogen-bond acceptors (Lipinski definition) is 5. The molecule has 1 aromatic carbocycles. The summed E-state index contributed by atoms with van der Waals surface area (Å²) in [4.78, 5) is 27.4. The molecule has 0 aromatic heterocycles. The van der Waals surface area contributed by atoms with E-state index in [2.05, 4.69) is 0 Å². The molecule has 8 heteroatoms. The first-order chi connectivity index (χ1) is 12.8. The van der Waals surface area contributed by atoms with Crippen molar-refractivity contribution in [2.45, 2.75) is 44.2 Å². The van der Waals surface area contributed by atoms with E-state index in [1.807, 2.05) is 11.9 Å². The number of phenolic OH excluding ortho intramolecular Hbond substituents is 1. The highest BCUT2D eigenvalue weighted by Gasteiger charge is 2.36. The van der Waals surface area contributed by atoms with Crippen molar-refractivity contribution < 1.29 is 19.4 Å². The van der Waals surface area contributed by atoms with E-state index < -0.39 is 0 Å². The van der Waals surface area contributed by atoms with Crippen LogP contribution in [0, 0.1) is 0 Å². The van der Waals surface area contributed by atoms with Gasteiger partial charge in [-0.2, -0.15) is 0 Å². The van der Waals surface area contributed by atoms with Crippen LogP contribution in [-0.2, 0) is 14.3 Å².